The van der Waals surface area contributed by atoms with Gasteiger partial charge in [0.25, 0.3) is 5.91 Å². The van der Waals surface area contributed by atoms with Gasteiger partial charge in [-0.1, -0.05) is 0 Å². The Balaban J connectivity index is 1.36. The second-order valence-electron chi connectivity index (χ2n) is 7.17. The zero-order valence-corrected chi connectivity index (χ0v) is 15.6. The highest BCUT2D eigenvalue weighted by Gasteiger charge is 2.30. The molecule has 7 heteroatoms. The molecule has 0 N–H and O–H groups in total. The van der Waals surface area contributed by atoms with Crippen LogP contribution in [0.4, 0.5) is 4.39 Å². The summed E-state index contributed by atoms with van der Waals surface area (Å²) in [6.07, 6.45) is 6.29. The van der Waals surface area contributed by atoms with Crippen LogP contribution in [0.5, 0.6) is 0 Å². The minimum Gasteiger partial charge on any atom is -0.338 e. The molecular formula is C22H18FN5O. The van der Waals surface area contributed by atoms with Gasteiger partial charge >= 0.3 is 0 Å². The molecule has 5 rings (SSSR count). The summed E-state index contributed by atoms with van der Waals surface area (Å²) >= 11 is 0. The lowest BCUT2D eigenvalue weighted by Gasteiger charge is -2.15. The van der Waals surface area contributed by atoms with Crippen molar-refractivity contribution in [2.75, 3.05) is 13.1 Å². The molecule has 29 heavy (non-hydrogen) atoms. The van der Waals surface area contributed by atoms with E-state index in [0.29, 0.717) is 18.7 Å². The lowest BCUT2D eigenvalue weighted by atomic mass is 10.1. The van der Waals surface area contributed by atoms with Gasteiger partial charge in [-0.3, -0.25) is 9.78 Å². The maximum Gasteiger partial charge on any atom is 0.253 e. The van der Waals surface area contributed by atoms with Crippen molar-refractivity contribution < 1.29 is 9.18 Å². The zero-order valence-electron chi connectivity index (χ0n) is 15.6. The highest BCUT2D eigenvalue weighted by molar-refractivity contribution is 5.94. The molecule has 1 aliphatic rings. The van der Waals surface area contributed by atoms with Gasteiger partial charge in [-0.2, -0.15) is 5.10 Å². The van der Waals surface area contributed by atoms with Crippen LogP contribution in [0.1, 0.15) is 28.5 Å². The Kier molecular flexibility index (Phi) is 4.27. The van der Waals surface area contributed by atoms with Crippen molar-refractivity contribution in [3.8, 4) is 11.1 Å². The normalized spacial score (nSPS) is 16.4. The summed E-state index contributed by atoms with van der Waals surface area (Å²) in [7, 11) is 0. The lowest BCUT2D eigenvalue weighted by Crippen LogP contribution is -2.28. The van der Waals surface area contributed by atoms with Crippen molar-refractivity contribution in [2.45, 2.75) is 12.3 Å². The fourth-order valence-electron chi connectivity index (χ4n) is 3.72. The summed E-state index contributed by atoms with van der Waals surface area (Å²) in [4.78, 5) is 23.2. The fourth-order valence-corrected chi connectivity index (χ4v) is 3.72. The molecule has 1 fully saturated rings. The maximum absolute atomic E-state index is 13.1. The molecule has 0 aliphatic carbocycles. The van der Waals surface area contributed by atoms with Crippen molar-refractivity contribution in [1.29, 1.82) is 0 Å². The predicted octanol–water partition coefficient (Wildman–Crippen LogP) is 3.56. The number of pyridine rings is 2. The zero-order chi connectivity index (χ0) is 19.8. The van der Waals surface area contributed by atoms with Gasteiger partial charge in [-0.05, 0) is 60.5 Å². The number of hydrogen-bond donors (Lipinski definition) is 0. The largest absolute Gasteiger partial charge is 0.338 e. The average molecular weight is 387 g/mol. The predicted molar refractivity (Wildman–Crippen MR) is 106 cm³/mol. The highest BCUT2D eigenvalue weighted by Crippen LogP contribution is 2.27. The number of halogens is 1. The van der Waals surface area contributed by atoms with E-state index in [1.807, 2.05) is 30.5 Å². The molecule has 0 radical (unpaired) electrons. The van der Waals surface area contributed by atoms with E-state index in [2.05, 4.69) is 15.1 Å². The Hall–Kier alpha value is -3.61. The summed E-state index contributed by atoms with van der Waals surface area (Å²) < 4.78 is 14.9. The Morgan fingerprint density at radius 1 is 1.00 bits per heavy atom. The van der Waals surface area contributed by atoms with E-state index in [0.717, 1.165) is 29.0 Å². The second-order valence-corrected chi connectivity index (χ2v) is 7.17. The molecule has 3 aromatic heterocycles. The molecule has 1 aromatic carbocycles. The SMILES string of the molecule is O=C(c1ccc(F)cc1)N1CCC(c2nc3ccc(-c4ccncc4)cn3n2)C1. The monoisotopic (exact) mass is 387 g/mol. The summed E-state index contributed by atoms with van der Waals surface area (Å²) in [6.45, 7) is 1.20. The number of benzene rings is 1. The average Bonchev–Trinajstić information content (AvgIpc) is 3.41. The van der Waals surface area contributed by atoms with E-state index >= 15 is 0 Å². The van der Waals surface area contributed by atoms with E-state index in [-0.39, 0.29) is 17.6 Å². The lowest BCUT2D eigenvalue weighted by molar-refractivity contribution is 0.0790. The van der Waals surface area contributed by atoms with Gasteiger partial charge in [-0.15, -0.1) is 0 Å². The van der Waals surface area contributed by atoms with Crippen LogP contribution in [-0.4, -0.2) is 43.5 Å². The number of rotatable bonds is 3. The molecule has 144 valence electrons. The summed E-state index contributed by atoms with van der Waals surface area (Å²) in [5.41, 5.74) is 3.38. The first-order chi connectivity index (χ1) is 14.2. The van der Waals surface area contributed by atoms with Gasteiger partial charge < -0.3 is 4.90 Å². The summed E-state index contributed by atoms with van der Waals surface area (Å²) in [5, 5.41) is 4.66. The maximum atomic E-state index is 13.1. The first-order valence-corrected chi connectivity index (χ1v) is 9.49. The Bertz CT molecular complexity index is 1170. The van der Waals surface area contributed by atoms with Gasteiger partial charge in [0, 0.05) is 48.7 Å². The molecule has 4 heterocycles. The highest BCUT2D eigenvalue weighted by atomic mass is 19.1. The van der Waals surface area contributed by atoms with Gasteiger partial charge in [0.15, 0.2) is 11.5 Å². The van der Waals surface area contributed by atoms with Crippen molar-refractivity contribution in [3.05, 3.63) is 84.3 Å². The van der Waals surface area contributed by atoms with E-state index < -0.39 is 0 Å². The van der Waals surface area contributed by atoms with E-state index in [1.165, 1.54) is 24.3 Å². The van der Waals surface area contributed by atoms with Gasteiger partial charge in [0.05, 0.1) is 0 Å². The van der Waals surface area contributed by atoms with Gasteiger partial charge in [-0.25, -0.2) is 13.9 Å². The van der Waals surface area contributed by atoms with Gasteiger partial charge in [0.1, 0.15) is 5.82 Å². The van der Waals surface area contributed by atoms with E-state index in [4.69, 9.17) is 0 Å². The van der Waals surface area contributed by atoms with Crippen molar-refractivity contribution in [1.82, 2.24) is 24.5 Å². The van der Waals surface area contributed by atoms with Crippen molar-refractivity contribution in [3.63, 3.8) is 0 Å². The first-order valence-electron chi connectivity index (χ1n) is 9.49. The Labute approximate surface area is 166 Å². The van der Waals surface area contributed by atoms with Crippen LogP contribution in [0.2, 0.25) is 0 Å². The molecule has 0 saturated carbocycles. The number of carbonyl (C=O) groups is 1. The molecule has 0 spiro atoms. The molecule has 0 bridgehead atoms. The second kappa shape index (κ2) is 7.09. The number of amides is 1. The smallest absolute Gasteiger partial charge is 0.253 e. The van der Waals surface area contributed by atoms with Crippen molar-refractivity contribution >= 4 is 11.6 Å². The molecule has 6 nitrogen and oxygen atoms in total. The van der Waals surface area contributed by atoms with Crippen LogP contribution in [0.25, 0.3) is 16.8 Å². The third kappa shape index (κ3) is 3.35. The molecular weight excluding hydrogens is 369 g/mol. The third-order valence-corrected chi connectivity index (χ3v) is 5.29. The fraction of sp³-hybridized carbons (Fsp3) is 0.182. The number of carbonyl (C=O) groups excluding carboxylic acids is 1. The van der Waals surface area contributed by atoms with Crippen LogP contribution in [0.3, 0.4) is 0 Å². The minimum absolute atomic E-state index is 0.0867. The molecule has 1 saturated heterocycles. The minimum atomic E-state index is -0.346. The molecule has 4 aromatic rings. The van der Waals surface area contributed by atoms with Crippen LogP contribution in [0, 0.1) is 5.82 Å². The number of fused-ring (bicyclic) bond motifs is 1. The Morgan fingerprint density at radius 3 is 2.59 bits per heavy atom. The molecule has 1 amide bonds. The Morgan fingerprint density at radius 2 is 1.79 bits per heavy atom. The summed E-state index contributed by atoms with van der Waals surface area (Å²) in [5.74, 6) is 0.395. The third-order valence-electron chi connectivity index (χ3n) is 5.29. The van der Waals surface area contributed by atoms with Crippen molar-refractivity contribution in [2.24, 2.45) is 0 Å². The number of nitrogens with zero attached hydrogens (tertiary/aromatic N) is 5. The number of aromatic nitrogens is 4. The number of hydrogen-bond acceptors (Lipinski definition) is 4. The van der Waals surface area contributed by atoms with Gasteiger partial charge in [0.2, 0.25) is 0 Å². The summed E-state index contributed by atoms with van der Waals surface area (Å²) in [6, 6.07) is 13.5. The first kappa shape index (κ1) is 17.5. The van der Waals surface area contributed by atoms with Crippen LogP contribution >= 0.6 is 0 Å². The molecule has 1 atom stereocenters. The molecule has 1 aliphatic heterocycles. The standard InChI is InChI=1S/C22H18FN5O/c23-19-4-1-16(2-5-19)22(29)27-12-9-18(13-27)21-25-20-6-3-17(14-28(20)26-21)15-7-10-24-11-8-15/h1-8,10-11,14,18H,9,12-13H2. The topological polar surface area (TPSA) is 63.4 Å². The van der Waals surface area contributed by atoms with Crippen LogP contribution < -0.4 is 0 Å². The van der Waals surface area contributed by atoms with Crippen LogP contribution in [-0.2, 0) is 0 Å². The van der Waals surface area contributed by atoms with E-state index in [1.54, 1.807) is 21.8 Å². The quantitative estimate of drug-likeness (QED) is 0.539. The van der Waals surface area contributed by atoms with Crippen LogP contribution in [0.15, 0.2) is 67.1 Å². The van der Waals surface area contributed by atoms with E-state index in [9.17, 15) is 9.18 Å². The molecule has 1 unspecified atom stereocenters. The number of likely N-dealkylation sites (tertiary alicyclic amines) is 1.